The molecule has 1 N–H and O–H groups in total. The SMILES string of the molecule is CCS(=O)(=O)c1ccc(NC(C)Cc2ccco2)cc1. The molecule has 0 amide bonds. The molecule has 1 unspecified atom stereocenters. The van der Waals surface area contributed by atoms with Crippen LogP contribution in [0.15, 0.2) is 52.0 Å². The number of furan rings is 1. The van der Waals surface area contributed by atoms with E-state index in [9.17, 15) is 8.42 Å². The van der Waals surface area contributed by atoms with Gasteiger partial charge >= 0.3 is 0 Å². The summed E-state index contributed by atoms with van der Waals surface area (Å²) in [6.45, 7) is 3.70. The first kappa shape index (κ1) is 14.7. The van der Waals surface area contributed by atoms with Gasteiger partial charge in [-0.3, -0.25) is 0 Å². The summed E-state index contributed by atoms with van der Waals surface area (Å²) < 4.78 is 28.7. The fourth-order valence-electron chi connectivity index (χ4n) is 1.99. The minimum Gasteiger partial charge on any atom is -0.469 e. The van der Waals surface area contributed by atoms with Crippen molar-refractivity contribution in [2.45, 2.75) is 31.2 Å². The van der Waals surface area contributed by atoms with Gasteiger partial charge in [0.15, 0.2) is 9.84 Å². The van der Waals surface area contributed by atoms with Gasteiger partial charge in [0.25, 0.3) is 0 Å². The Morgan fingerprint density at radius 2 is 1.90 bits per heavy atom. The fourth-order valence-corrected chi connectivity index (χ4v) is 2.88. The normalized spacial score (nSPS) is 13.1. The van der Waals surface area contributed by atoms with Crippen molar-refractivity contribution in [1.82, 2.24) is 0 Å². The number of sulfone groups is 1. The molecule has 108 valence electrons. The Bertz CT molecular complexity index is 630. The van der Waals surface area contributed by atoms with Gasteiger partial charge in [-0.1, -0.05) is 6.92 Å². The van der Waals surface area contributed by atoms with Gasteiger partial charge < -0.3 is 9.73 Å². The number of anilines is 1. The van der Waals surface area contributed by atoms with E-state index in [0.29, 0.717) is 4.90 Å². The van der Waals surface area contributed by atoms with Crippen LogP contribution in [0.25, 0.3) is 0 Å². The maximum atomic E-state index is 11.7. The van der Waals surface area contributed by atoms with E-state index in [4.69, 9.17) is 4.42 Å². The first-order valence-corrected chi connectivity index (χ1v) is 8.28. The molecule has 0 radical (unpaired) electrons. The molecule has 0 spiro atoms. The molecule has 5 heteroatoms. The number of nitrogens with one attached hydrogen (secondary N) is 1. The highest BCUT2D eigenvalue weighted by atomic mass is 32.2. The molecule has 0 bridgehead atoms. The predicted molar refractivity (Wildman–Crippen MR) is 79.7 cm³/mol. The zero-order valence-corrected chi connectivity index (χ0v) is 12.5. The van der Waals surface area contributed by atoms with Crippen molar-refractivity contribution in [3.63, 3.8) is 0 Å². The Kier molecular flexibility index (Phi) is 4.49. The van der Waals surface area contributed by atoms with E-state index in [1.165, 1.54) is 0 Å². The standard InChI is InChI=1S/C15H19NO3S/c1-3-20(17,18)15-8-6-13(7-9-15)16-12(2)11-14-5-4-10-19-14/h4-10,12,16H,3,11H2,1-2H3. The molecule has 2 aromatic rings. The van der Waals surface area contributed by atoms with Crippen molar-refractivity contribution >= 4 is 15.5 Å². The third-order valence-electron chi connectivity index (χ3n) is 3.09. The number of rotatable bonds is 6. The molecule has 0 saturated heterocycles. The summed E-state index contributed by atoms with van der Waals surface area (Å²) in [4.78, 5) is 0.365. The van der Waals surface area contributed by atoms with Gasteiger partial charge in [-0.2, -0.15) is 0 Å². The van der Waals surface area contributed by atoms with Crippen molar-refractivity contribution in [1.29, 1.82) is 0 Å². The summed E-state index contributed by atoms with van der Waals surface area (Å²) in [6, 6.07) is 10.9. The number of benzene rings is 1. The molecule has 1 aromatic carbocycles. The van der Waals surface area contributed by atoms with Gasteiger partial charge in [-0.05, 0) is 43.3 Å². The maximum Gasteiger partial charge on any atom is 0.178 e. The van der Waals surface area contributed by atoms with Crippen LogP contribution >= 0.6 is 0 Å². The van der Waals surface area contributed by atoms with Gasteiger partial charge in [-0.25, -0.2) is 8.42 Å². The van der Waals surface area contributed by atoms with E-state index < -0.39 is 9.84 Å². The Balaban J connectivity index is 2.00. The van der Waals surface area contributed by atoms with Gasteiger partial charge in [0.05, 0.1) is 16.9 Å². The van der Waals surface area contributed by atoms with Crippen molar-refractivity contribution in [3.8, 4) is 0 Å². The third-order valence-corrected chi connectivity index (χ3v) is 4.84. The Morgan fingerprint density at radius 3 is 2.45 bits per heavy atom. The largest absolute Gasteiger partial charge is 0.469 e. The van der Waals surface area contributed by atoms with Crippen LogP contribution < -0.4 is 5.32 Å². The van der Waals surface area contributed by atoms with E-state index in [2.05, 4.69) is 12.2 Å². The van der Waals surface area contributed by atoms with Crippen LogP contribution in [0.2, 0.25) is 0 Å². The summed E-state index contributed by atoms with van der Waals surface area (Å²) in [7, 11) is -3.13. The summed E-state index contributed by atoms with van der Waals surface area (Å²) in [5.41, 5.74) is 0.902. The minimum absolute atomic E-state index is 0.120. The lowest BCUT2D eigenvalue weighted by Crippen LogP contribution is -2.17. The molecule has 0 aliphatic rings. The van der Waals surface area contributed by atoms with Crippen LogP contribution in [-0.2, 0) is 16.3 Å². The topological polar surface area (TPSA) is 59.3 Å². The van der Waals surface area contributed by atoms with E-state index >= 15 is 0 Å². The van der Waals surface area contributed by atoms with Crippen molar-refractivity contribution < 1.29 is 12.8 Å². The molecule has 2 rings (SSSR count). The minimum atomic E-state index is -3.13. The Labute approximate surface area is 119 Å². The second-order valence-corrected chi connectivity index (χ2v) is 7.03. The maximum absolute atomic E-state index is 11.7. The van der Waals surface area contributed by atoms with Crippen molar-refractivity contribution in [2.24, 2.45) is 0 Å². The molecule has 1 heterocycles. The Morgan fingerprint density at radius 1 is 1.20 bits per heavy atom. The predicted octanol–water partition coefficient (Wildman–Crippen LogP) is 3.12. The summed E-state index contributed by atoms with van der Waals surface area (Å²) >= 11 is 0. The second-order valence-electron chi connectivity index (χ2n) is 4.76. The van der Waals surface area contributed by atoms with Crippen molar-refractivity contribution in [3.05, 3.63) is 48.4 Å². The van der Waals surface area contributed by atoms with Crippen LogP contribution in [0, 0.1) is 0 Å². The van der Waals surface area contributed by atoms with Crippen LogP contribution in [-0.4, -0.2) is 20.2 Å². The molecule has 4 nitrogen and oxygen atoms in total. The van der Waals surface area contributed by atoms with Crippen LogP contribution in [0.5, 0.6) is 0 Å². The van der Waals surface area contributed by atoms with E-state index in [1.807, 2.05) is 12.1 Å². The quantitative estimate of drug-likeness (QED) is 0.889. The highest BCUT2D eigenvalue weighted by Crippen LogP contribution is 2.17. The van der Waals surface area contributed by atoms with Crippen LogP contribution in [0.1, 0.15) is 19.6 Å². The van der Waals surface area contributed by atoms with E-state index in [1.54, 1.807) is 37.5 Å². The zero-order valence-electron chi connectivity index (χ0n) is 11.7. The molecule has 0 fully saturated rings. The molecule has 0 aliphatic heterocycles. The van der Waals surface area contributed by atoms with Gasteiger partial charge in [-0.15, -0.1) is 0 Å². The first-order chi connectivity index (χ1) is 9.51. The average Bonchev–Trinajstić information content (AvgIpc) is 2.92. The highest BCUT2D eigenvalue weighted by molar-refractivity contribution is 7.91. The van der Waals surface area contributed by atoms with Gasteiger partial charge in [0, 0.05) is 18.2 Å². The molecular weight excluding hydrogens is 274 g/mol. The Hall–Kier alpha value is -1.75. The lowest BCUT2D eigenvalue weighted by atomic mass is 10.2. The average molecular weight is 293 g/mol. The van der Waals surface area contributed by atoms with Gasteiger partial charge in [0.2, 0.25) is 0 Å². The lowest BCUT2D eigenvalue weighted by molar-refractivity contribution is 0.498. The van der Waals surface area contributed by atoms with Crippen LogP contribution in [0.4, 0.5) is 5.69 Å². The van der Waals surface area contributed by atoms with Crippen LogP contribution in [0.3, 0.4) is 0 Å². The fraction of sp³-hybridized carbons (Fsp3) is 0.333. The van der Waals surface area contributed by atoms with E-state index in [-0.39, 0.29) is 11.8 Å². The molecule has 1 atom stereocenters. The number of hydrogen-bond donors (Lipinski definition) is 1. The van der Waals surface area contributed by atoms with Crippen molar-refractivity contribution in [2.75, 3.05) is 11.1 Å². The number of hydrogen-bond acceptors (Lipinski definition) is 4. The zero-order chi connectivity index (χ0) is 14.6. The molecular formula is C15H19NO3S. The molecule has 0 aliphatic carbocycles. The molecule has 1 aromatic heterocycles. The smallest absolute Gasteiger partial charge is 0.178 e. The third kappa shape index (κ3) is 3.63. The highest BCUT2D eigenvalue weighted by Gasteiger charge is 2.11. The summed E-state index contributed by atoms with van der Waals surface area (Å²) in [5, 5.41) is 3.32. The summed E-state index contributed by atoms with van der Waals surface area (Å²) in [6.07, 6.45) is 2.44. The molecule has 20 heavy (non-hydrogen) atoms. The second kappa shape index (κ2) is 6.13. The van der Waals surface area contributed by atoms with E-state index in [0.717, 1.165) is 17.9 Å². The molecule has 0 saturated carbocycles. The van der Waals surface area contributed by atoms with Gasteiger partial charge in [0.1, 0.15) is 5.76 Å². The lowest BCUT2D eigenvalue weighted by Gasteiger charge is -2.14. The first-order valence-electron chi connectivity index (χ1n) is 6.63. The summed E-state index contributed by atoms with van der Waals surface area (Å²) in [5.74, 6) is 1.05. The monoisotopic (exact) mass is 293 g/mol.